The Morgan fingerprint density at radius 1 is 1.38 bits per heavy atom. The maximum atomic E-state index is 12.5. The Kier molecular flexibility index (Phi) is 7.53. The molecular formula is C18H26ClN3O4. The molecular weight excluding hydrogens is 358 g/mol. The molecule has 0 aliphatic carbocycles. The highest BCUT2D eigenvalue weighted by Crippen LogP contribution is 2.27. The van der Waals surface area contributed by atoms with E-state index >= 15 is 0 Å². The molecule has 1 heterocycles. The summed E-state index contributed by atoms with van der Waals surface area (Å²) in [5, 5.41) is 12.6. The number of aliphatic carboxylic acids is 1. The summed E-state index contributed by atoms with van der Waals surface area (Å²) in [4.78, 5) is 27.2. The second-order valence-electron chi connectivity index (χ2n) is 6.27. The van der Waals surface area contributed by atoms with Crippen LogP contribution in [0.15, 0.2) is 18.2 Å². The summed E-state index contributed by atoms with van der Waals surface area (Å²) < 4.78 is 5.26. The Labute approximate surface area is 158 Å². The third-order valence-electron chi connectivity index (χ3n) is 4.67. The average molecular weight is 384 g/mol. The fourth-order valence-corrected chi connectivity index (χ4v) is 3.43. The largest absolute Gasteiger partial charge is 0.495 e. The van der Waals surface area contributed by atoms with Crippen molar-refractivity contribution in [1.82, 2.24) is 9.80 Å². The number of amides is 1. The number of hydrogen-bond donors (Lipinski definition) is 2. The predicted molar refractivity (Wildman–Crippen MR) is 101 cm³/mol. The number of carbonyl (C=O) groups excluding carboxylic acids is 1. The van der Waals surface area contributed by atoms with Gasteiger partial charge in [0.15, 0.2) is 0 Å². The number of halogens is 1. The first kappa shape index (κ1) is 20.3. The topological polar surface area (TPSA) is 82.1 Å². The van der Waals surface area contributed by atoms with Crippen molar-refractivity contribution in [3.63, 3.8) is 0 Å². The number of rotatable bonds is 8. The summed E-state index contributed by atoms with van der Waals surface area (Å²) in [5.41, 5.74) is 0.682. The fourth-order valence-electron chi connectivity index (χ4n) is 3.25. The van der Waals surface area contributed by atoms with Crippen molar-refractivity contribution in [3.8, 4) is 5.75 Å². The number of carbonyl (C=O) groups is 2. The van der Waals surface area contributed by atoms with Gasteiger partial charge in [0.05, 0.1) is 25.9 Å². The van der Waals surface area contributed by atoms with Crippen molar-refractivity contribution in [2.75, 3.05) is 45.2 Å². The quantitative estimate of drug-likeness (QED) is 0.715. The van der Waals surface area contributed by atoms with Gasteiger partial charge in [0.25, 0.3) is 0 Å². The van der Waals surface area contributed by atoms with Crippen LogP contribution >= 0.6 is 11.6 Å². The van der Waals surface area contributed by atoms with Gasteiger partial charge in [0, 0.05) is 24.2 Å². The van der Waals surface area contributed by atoms with E-state index in [1.165, 1.54) is 0 Å². The SMILES string of the molecule is CCN(CC(=O)O)C1CCN(C(=O)CNc2cc(Cl)ccc2OC)CC1. The lowest BCUT2D eigenvalue weighted by atomic mass is 10.0. The third kappa shape index (κ3) is 5.51. The van der Waals surface area contributed by atoms with Crippen molar-refractivity contribution in [1.29, 1.82) is 0 Å². The molecule has 26 heavy (non-hydrogen) atoms. The molecule has 0 radical (unpaired) electrons. The van der Waals surface area contributed by atoms with Gasteiger partial charge in [-0.15, -0.1) is 0 Å². The van der Waals surface area contributed by atoms with Crippen LogP contribution in [-0.4, -0.2) is 72.7 Å². The van der Waals surface area contributed by atoms with Gasteiger partial charge >= 0.3 is 5.97 Å². The maximum Gasteiger partial charge on any atom is 0.317 e. The van der Waals surface area contributed by atoms with Crippen molar-refractivity contribution in [2.24, 2.45) is 0 Å². The number of carboxylic acids is 1. The lowest BCUT2D eigenvalue weighted by molar-refractivity contribution is -0.140. The number of carboxylic acid groups (broad SMARTS) is 1. The number of likely N-dealkylation sites (tertiary alicyclic amines) is 1. The number of piperidine rings is 1. The summed E-state index contributed by atoms with van der Waals surface area (Å²) in [6, 6.07) is 5.42. The standard InChI is InChI=1S/C18H26ClN3O4/c1-3-21(12-18(24)25)14-6-8-22(9-7-14)17(23)11-20-15-10-13(19)4-5-16(15)26-2/h4-5,10,14,20H,3,6-9,11-12H2,1-2H3,(H,24,25). The van der Waals surface area contributed by atoms with Gasteiger partial charge in [0.1, 0.15) is 5.75 Å². The Hall–Kier alpha value is -1.99. The molecule has 144 valence electrons. The number of nitrogens with one attached hydrogen (secondary N) is 1. The van der Waals surface area contributed by atoms with Crippen LogP contribution in [-0.2, 0) is 9.59 Å². The van der Waals surface area contributed by atoms with E-state index < -0.39 is 5.97 Å². The van der Waals surface area contributed by atoms with E-state index in [0.717, 1.165) is 12.8 Å². The van der Waals surface area contributed by atoms with Gasteiger partial charge in [-0.2, -0.15) is 0 Å². The summed E-state index contributed by atoms with van der Waals surface area (Å²) >= 11 is 6.00. The molecule has 2 N–H and O–H groups in total. The van der Waals surface area contributed by atoms with Gasteiger partial charge < -0.3 is 20.1 Å². The van der Waals surface area contributed by atoms with E-state index in [0.29, 0.717) is 36.1 Å². The van der Waals surface area contributed by atoms with E-state index in [9.17, 15) is 9.59 Å². The molecule has 1 fully saturated rings. The highest BCUT2D eigenvalue weighted by molar-refractivity contribution is 6.30. The lowest BCUT2D eigenvalue weighted by Crippen LogP contribution is -2.49. The monoisotopic (exact) mass is 383 g/mol. The van der Waals surface area contributed by atoms with Crippen molar-refractivity contribution >= 4 is 29.2 Å². The molecule has 1 aliphatic heterocycles. The van der Waals surface area contributed by atoms with Gasteiger partial charge in [-0.1, -0.05) is 18.5 Å². The van der Waals surface area contributed by atoms with E-state index in [1.807, 2.05) is 16.7 Å². The summed E-state index contributed by atoms with van der Waals surface area (Å²) in [7, 11) is 1.57. The second kappa shape index (κ2) is 9.64. The van der Waals surface area contributed by atoms with E-state index in [4.69, 9.17) is 21.4 Å². The molecule has 1 aromatic carbocycles. The molecule has 0 saturated carbocycles. The molecule has 1 saturated heterocycles. The summed E-state index contributed by atoms with van der Waals surface area (Å²) in [6.07, 6.45) is 1.57. The fraction of sp³-hybridized carbons (Fsp3) is 0.556. The highest BCUT2D eigenvalue weighted by Gasteiger charge is 2.27. The first-order valence-electron chi connectivity index (χ1n) is 8.75. The molecule has 1 amide bonds. The van der Waals surface area contributed by atoms with Crippen molar-refractivity contribution < 1.29 is 19.4 Å². The van der Waals surface area contributed by atoms with Crippen molar-refractivity contribution in [3.05, 3.63) is 23.2 Å². The van der Waals surface area contributed by atoms with Gasteiger partial charge in [-0.3, -0.25) is 14.5 Å². The van der Waals surface area contributed by atoms with E-state index in [1.54, 1.807) is 25.3 Å². The molecule has 0 bridgehead atoms. The van der Waals surface area contributed by atoms with Crippen LogP contribution in [0.5, 0.6) is 5.75 Å². The van der Waals surface area contributed by atoms with Crippen molar-refractivity contribution in [2.45, 2.75) is 25.8 Å². The minimum atomic E-state index is -0.815. The van der Waals surface area contributed by atoms with Crippen LogP contribution in [0, 0.1) is 0 Å². The first-order chi connectivity index (χ1) is 12.4. The molecule has 1 aliphatic rings. The van der Waals surface area contributed by atoms with Gasteiger partial charge in [-0.05, 0) is 37.6 Å². The Morgan fingerprint density at radius 3 is 2.65 bits per heavy atom. The predicted octanol–water partition coefficient (Wildman–Crippen LogP) is 2.16. The number of ether oxygens (including phenoxy) is 1. The maximum absolute atomic E-state index is 12.5. The highest BCUT2D eigenvalue weighted by atomic mass is 35.5. The zero-order valence-corrected chi connectivity index (χ0v) is 16.0. The molecule has 0 atom stereocenters. The third-order valence-corrected chi connectivity index (χ3v) is 4.90. The minimum Gasteiger partial charge on any atom is -0.495 e. The lowest BCUT2D eigenvalue weighted by Gasteiger charge is -2.37. The van der Waals surface area contributed by atoms with Crippen LogP contribution in [0.1, 0.15) is 19.8 Å². The summed E-state index contributed by atoms with van der Waals surface area (Å²) in [6.45, 7) is 4.13. The number of methoxy groups -OCH3 is 1. The van der Waals surface area contributed by atoms with Crippen LogP contribution in [0.25, 0.3) is 0 Å². The molecule has 2 rings (SSSR count). The average Bonchev–Trinajstić information content (AvgIpc) is 2.64. The molecule has 0 spiro atoms. The second-order valence-corrected chi connectivity index (χ2v) is 6.70. The van der Waals surface area contributed by atoms with Crippen LogP contribution < -0.4 is 10.1 Å². The van der Waals surface area contributed by atoms with E-state index in [2.05, 4.69) is 5.32 Å². The van der Waals surface area contributed by atoms with Gasteiger partial charge in [0.2, 0.25) is 5.91 Å². The number of hydrogen-bond acceptors (Lipinski definition) is 5. The minimum absolute atomic E-state index is 0.00626. The number of benzene rings is 1. The van der Waals surface area contributed by atoms with E-state index in [-0.39, 0.29) is 25.0 Å². The zero-order chi connectivity index (χ0) is 19.1. The zero-order valence-electron chi connectivity index (χ0n) is 15.2. The Bertz CT molecular complexity index is 633. The molecule has 0 aromatic heterocycles. The van der Waals surface area contributed by atoms with Gasteiger partial charge in [-0.25, -0.2) is 0 Å². The van der Waals surface area contributed by atoms with Crippen LogP contribution in [0.2, 0.25) is 5.02 Å². The Morgan fingerprint density at radius 2 is 2.08 bits per heavy atom. The number of nitrogens with zero attached hydrogens (tertiary/aromatic N) is 2. The molecule has 1 aromatic rings. The number of likely N-dealkylation sites (N-methyl/N-ethyl adjacent to an activating group) is 1. The normalized spacial score (nSPS) is 15.2. The molecule has 8 heteroatoms. The Balaban J connectivity index is 1.85. The first-order valence-corrected chi connectivity index (χ1v) is 9.13. The van der Waals surface area contributed by atoms with Crippen LogP contribution in [0.4, 0.5) is 5.69 Å². The molecule has 7 nitrogen and oxygen atoms in total. The smallest absolute Gasteiger partial charge is 0.317 e. The van der Waals surface area contributed by atoms with Crippen LogP contribution in [0.3, 0.4) is 0 Å². The summed E-state index contributed by atoms with van der Waals surface area (Å²) in [5.74, 6) is -0.176. The molecule has 0 unspecified atom stereocenters. The number of anilines is 1.